The van der Waals surface area contributed by atoms with Crippen LogP contribution in [0, 0.1) is 5.92 Å². The van der Waals surface area contributed by atoms with Gasteiger partial charge in [0.2, 0.25) is 0 Å². The van der Waals surface area contributed by atoms with Crippen molar-refractivity contribution in [1.82, 2.24) is 0 Å². The standard InChI is InChI=1S/C13H15ClO3/c1-3-9(2)8-17-13(16)11-6-4-10(5-7-11)12(14)15/h4-7,9H,3,8H2,1-2H3/t9-/m0/s1. The van der Waals surface area contributed by atoms with E-state index in [1.165, 1.54) is 24.3 Å². The number of carbonyl (C=O) groups excluding carboxylic acids is 2. The lowest BCUT2D eigenvalue weighted by Crippen LogP contribution is -2.11. The topological polar surface area (TPSA) is 43.4 Å². The van der Waals surface area contributed by atoms with E-state index in [0.717, 1.165) is 6.42 Å². The molecule has 1 rings (SSSR count). The molecule has 0 saturated carbocycles. The summed E-state index contributed by atoms with van der Waals surface area (Å²) in [6, 6.07) is 6.09. The van der Waals surface area contributed by atoms with Crippen LogP contribution in [0.3, 0.4) is 0 Å². The number of hydrogen-bond acceptors (Lipinski definition) is 3. The van der Waals surface area contributed by atoms with Crippen LogP contribution in [0.1, 0.15) is 41.0 Å². The third-order valence-corrected chi connectivity index (χ3v) is 2.76. The molecule has 0 aromatic heterocycles. The van der Waals surface area contributed by atoms with Crippen LogP contribution in [0.15, 0.2) is 24.3 Å². The fourth-order valence-corrected chi connectivity index (χ4v) is 1.28. The first-order valence-electron chi connectivity index (χ1n) is 5.51. The van der Waals surface area contributed by atoms with Gasteiger partial charge in [-0.1, -0.05) is 20.3 Å². The third-order valence-electron chi connectivity index (χ3n) is 2.54. The van der Waals surface area contributed by atoms with Gasteiger partial charge < -0.3 is 4.74 Å². The van der Waals surface area contributed by atoms with Crippen molar-refractivity contribution in [3.05, 3.63) is 35.4 Å². The lowest BCUT2D eigenvalue weighted by atomic mass is 10.1. The van der Waals surface area contributed by atoms with E-state index in [9.17, 15) is 9.59 Å². The van der Waals surface area contributed by atoms with Gasteiger partial charge in [-0.05, 0) is 41.8 Å². The summed E-state index contributed by atoms with van der Waals surface area (Å²) >= 11 is 5.30. The summed E-state index contributed by atoms with van der Waals surface area (Å²) in [5.74, 6) is -0.0264. The molecule has 17 heavy (non-hydrogen) atoms. The number of benzene rings is 1. The van der Waals surface area contributed by atoms with Crippen molar-refractivity contribution < 1.29 is 14.3 Å². The van der Waals surface area contributed by atoms with E-state index in [-0.39, 0.29) is 5.97 Å². The maximum absolute atomic E-state index is 11.6. The number of hydrogen-bond donors (Lipinski definition) is 0. The van der Waals surface area contributed by atoms with Gasteiger partial charge >= 0.3 is 5.97 Å². The van der Waals surface area contributed by atoms with Gasteiger partial charge in [-0.3, -0.25) is 4.79 Å². The molecule has 0 saturated heterocycles. The Morgan fingerprint density at radius 2 is 1.76 bits per heavy atom. The summed E-state index contributed by atoms with van der Waals surface area (Å²) in [5, 5.41) is -0.537. The minimum Gasteiger partial charge on any atom is -0.462 e. The number of carbonyl (C=O) groups is 2. The Morgan fingerprint density at radius 3 is 2.24 bits per heavy atom. The normalized spacial score (nSPS) is 11.9. The van der Waals surface area contributed by atoms with Gasteiger partial charge in [0.1, 0.15) is 0 Å². The van der Waals surface area contributed by atoms with E-state index in [1.807, 2.05) is 13.8 Å². The molecule has 0 spiro atoms. The highest BCUT2D eigenvalue weighted by atomic mass is 35.5. The molecule has 0 unspecified atom stereocenters. The van der Waals surface area contributed by atoms with Crippen molar-refractivity contribution in [1.29, 1.82) is 0 Å². The molecule has 0 radical (unpaired) electrons. The molecule has 3 nitrogen and oxygen atoms in total. The highest BCUT2D eigenvalue weighted by Gasteiger charge is 2.10. The number of rotatable bonds is 5. The summed E-state index contributed by atoms with van der Waals surface area (Å²) in [6.45, 7) is 4.47. The average Bonchev–Trinajstić information content (AvgIpc) is 2.35. The zero-order chi connectivity index (χ0) is 12.8. The first-order valence-corrected chi connectivity index (χ1v) is 5.89. The molecule has 4 heteroatoms. The van der Waals surface area contributed by atoms with Gasteiger partial charge in [0.25, 0.3) is 5.24 Å². The van der Waals surface area contributed by atoms with Crippen molar-refractivity contribution in [2.24, 2.45) is 5.92 Å². The van der Waals surface area contributed by atoms with Crippen molar-refractivity contribution in [3.63, 3.8) is 0 Å². The van der Waals surface area contributed by atoms with Gasteiger partial charge in [-0.2, -0.15) is 0 Å². The van der Waals surface area contributed by atoms with E-state index in [1.54, 1.807) is 0 Å². The highest BCUT2D eigenvalue weighted by Crippen LogP contribution is 2.09. The molecule has 0 fully saturated rings. The Kier molecular flexibility index (Phi) is 5.16. The minimum atomic E-state index is -0.537. The van der Waals surface area contributed by atoms with Gasteiger partial charge in [-0.15, -0.1) is 0 Å². The second kappa shape index (κ2) is 6.40. The Hall–Kier alpha value is -1.35. The lowest BCUT2D eigenvalue weighted by Gasteiger charge is -2.09. The van der Waals surface area contributed by atoms with Crippen molar-refractivity contribution in [3.8, 4) is 0 Å². The smallest absolute Gasteiger partial charge is 0.338 e. The van der Waals surface area contributed by atoms with Crippen molar-refractivity contribution >= 4 is 22.8 Å². The fraction of sp³-hybridized carbons (Fsp3) is 0.385. The van der Waals surface area contributed by atoms with Gasteiger partial charge in [0.15, 0.2) is 0 Å². The van der Waals surface area contributed by atoms with Crippen LogP contribution < -0.4 is 0 Å². The molecule has 0 aliphatic carbocycles. The molecule has 0 aliphatic rings. The summed E-state index contributed by atoms with van der Waals surface area (Å²) in [4.78, 5) is 22.4. The molecular weight excluding hydrogens is 240 g/mol. The average molecular weight is 255 g/mol. The van der Waals surface area contributed by atoms with Gasteiger partial charge in [0.05, 0.1) is 12.2 Å². The zero-order valence-electron chi connectivity index (χ0n) is 9.90. The van der Waals surface area contributed by atoms with Crippen LogP contribution in [0.2, 0.25) is 0 Å². The fourth-order valence-electron chi connectivity index (χ4n) is 1.16. The van der Waals surface area contributed by atoms with E-state index >= 15 is 0 Å². The molecule has 0 amide bonds. The van der Waals surface area contributed by atoms with Crippen molar-refractivity contribution in [2.75, 3.05) is 6.61 Å². The summed E-state index contributed by atoms with van der Waals surface area (Å²) in [5.41, 5.74) is 0.792. The largest absolute Gasteiger partial charge is 0.462 e. The van der Waals surface area contributed by atoms with E-state index in [2.05, 4.69) is 0 Å². The molecule has 1 aromatic rings. The van der Waals surface area contributed by atoms with Crippen LogP contribution in [0.5, 0.6) is 0 Å². The van der Waals surface area contributed by atoms with Crippen LogP contribution in [0.4, 0.5) is 0 Å². The Bertz CT molecular complexity index is 398. The molecule has 0 heterocycles. The predicted octanol–water partition coefficient (Wildman–Crippen LogP) is 3.27. The Balaban J connectivity index is 2.61. The monoisotopic (exact) mass is 254 g/mol. The van der Waals surface area contributed by atoms with E-state index < -0.39 is 5.24 Å². The highest BCUT2D eigenvalue weighted by molar-refractivity contribution is 6.67. The summed E-state index contributed by atoms with van der Waals surface area (Å²) in [6.07, 6.45) is 0.965. The second-order valence-corrected chi connectivity index (χ2v) is 4.31. The molecular formula is C13H15ClO3. The maximum atomic E-state index is 11.6. The molecule has 0 aliphatic heterocycles. The summed E-state index contributed by atoms with van der Waals surface area (Å²) in [7, 11) is 0. The molecule has 0 bridgehead atoms. The van der Waals surface area contributed by atoms with Crippen LogP contribution in [-0.4, -0.2) is 17.8 Å². The molecule has 1 aromatic carbocycles. The zero-order valence-corrected chi connectivity index (χ0v) is 10.7. The number of esters is 1. The third kappa shape index (κ3) is 4.19. The van der Waals surface area contributed by atoms with Gasteiger partial charge in [0, 0.05) is 5.56 Å². The molecule has 0 N–H and O–H groups in total. The maximum Gasteiger partial charge on any atom is 0.338 e. The SMILES string of the molecule is CC[C@H](C)COC(=O)c1ccc(C(=O)Cl)cc1. The van der Waals surface area contributed by atoms with Crippen LogP contribution in [0.25, 0.3) is 0 Å². The predicted molar refractivity (Wildman–Crippen MR) is 66.4 cm³/mol. The first kappa shape index (κ1) is 13.7. The quantitative estimate of drug-likeness (QED) is 0.598. The Labute approximate surface area is 106 Å². The van der Waals surface area contributed by atoms with Gasteiger partial charge in [-0.25, -0.2) is 4.79 Å². The second-order valence-electron chi connectivity index (χ2n) is 3.96. The van der Waals surface area contributed by atoms with Crippen molar-refractivity contribution in [2.45, 2.75) is 20.3 Å². The number of halogens is 1. The Morgan fingerprint density at radius 1 is 1.24 bits per heavy atom. The number of ether oxygens (including phenoxy) is 1. The summed E-state index contributed by atoms with van der Waals surface area (Å²) < 4.78 is 5.12. The first-order chi connectivity index (χ1) is 8.04. The minimum absolute atomic E-state index is 0.350. The van der Waals surface area contributed by atoms with E-state index in [0.29, 0.717) is 23.7 Å². The lowest BCUT2D eigenvalue weighted by molar-refractivity contribution is 0.0447. The molecule has 1 atom stereocenters. The van der Waals surface area contributed by atoms with E-state index in [4.69, 9.17) is 16.3 Å². The van der Waals surface area contributed by atoms with Crippen LogP contribution >= 0.6 is 11.6 Å². The van der Waals surface area contributed by atoms with Crippen LogP contribution in [-0.2, 0) is 4.74 Å². The molecule has 92 valence electrons.